The van der Waals surface area contributed by atoms with Crippen molar-refractivity contribution in [2.45, 2.75) is 65.3 Å². The first-order valence-electron chi connectivity index (χ1n) is 11.6. The third-order valence-corrected chi connectivity index (χ3v) is 6.39. The minimum absolute atomic E-state index is 0.169. The Labute approximate surface area is 223 Å². The number of carbonyl (C=O) groups excluding carboxylic acids is 2. The average Bonchev–Trinajstić information content (AvgIpc) is 2.99. The van der Waals surface area contributed by atoms with Gasteiger partial charge in [-0.2, -0.15) is 0 Å². The van der Waals surface area contributed by atoms with Crippen LogP contribution in [0.5, 0.6) is 0 Å². The molecule has 0 fully saturated rings. The van der Waals surface area contributed by atoms with E-state index in [-0.39, 0.29) is 12.5 Å². The predicted octanol–water partition coefficient (Wildman–Crippen LogP) is 5.99. The summed E-state index contributed by atoms with van der Waals surface area (Å²) in [4.78, 5) is 29.2. The Bertz CT molecular complexity index is 1150. The van der Waals surface area contributed by atoms with Gasteiger partial charge in [-0.05, 0) is 82.5 Å². The number of amides is 2. The molecule has 0 aliphatic carbocycles. The third kappa shape index (κ3) is 9.24. The molecule has 2 aromatic rings. The maximum atomic E-state index is 12.4. The van der Waals surface area contributed by atoms with E-state index in [9.17, 15) is 9.59 Å². The van der Waals surface area contributed by atoms with Crippen molar-refractivity contribution in [2.24, 2.45) is 0 Å². The minimum Gasteiger partial charge on any atom is -0.444 e. The number of carbonyl (C=O) groups is 2. The summed E-state index contributed by atoms with van der Waals surface area (Å²) >= 11 is 7.79. The second-order valence-electron chi connectivity index (χ2n) is 9.17. The van der Waals surface area contributed by atoms with Crippen LogP contribution in [0.3, 0.4) is 0 Å². The van der Waals surface area contributed by atoms with Gasteiger partial charge in [0.1, 0.15) is 12.1 Å². The highest BCUT2D eigenvalue weighted by Crippen LogP contribution is 2.36. The fourth-order valence-electron chi connectivity index (χ4n) is 3.40. The number of rotatable bonds is 10. The molecule has 0 saturated carbocycles. The van der Waals surface area contributed by atoms with E-state index in [0.29, 0.717) is 18.1 Å². The van der Waals surface area contributed by atoms with Crippen LogP contribution in [0.1, 0.15) is 50.1 Å². The van der Waals surface area contributed by atoms with Crippen LogP contribution in [0.15, 0.2) is 64.3 Å². The van der Waals surface area contributed by atoms with Gasteiger partial charge in [-0.1, -0.05) is 36.0 Å². The highest BCUT2D eigenvalue weighted by Gasteiger charge is 2.20. The fraction of sp³-hybridized carbons (Fsp3) is 0.370. The maximum Gasteiger partial charge on any atom is 0.408 e. The van der Waals surface area contributed by atoms with Gasteiger partial charge in [0.05, 0.1) is 5.03 Å². The Morgan fingerprint density at radius 2 is 1.89 bits per heavy atom. The number of ether oxygens (including phenoxy) is 1. The summed E-state index contributed by atoms with van der Waals surface area (Å²) in [5.41, 5.74) is 3.56. The average molecular weight is 531 g/mol. The molecule has 0 aromatic carbocycles. The van der Waals surface area contributed by atoms with Gasteiger partial charge in [-0.3, -0.25) is 9.78 Å². The molecule has 0 saturated heterocycles. The number of hydrogen-bond donors (Lipinski definition) is 2. The van der Waals surface area contributed by atoms with Crippen LogP contribution in [0, 0.1) is 13.8 Å². The number of nitrogens with one attached hydrogen (secondary N) is 2. The Hall–Kier alpha value is -2.97. The van der Waals surface area contributed by atoms with Gasteiger partial charge in [0.2, 0.25) is 5.91 Å². The molecule has 0 aliphatic rings. The van der Waals surface area contributed by atoms with Gasteiger partial charge in [0, 0.05) is 41.1 Å². The maximum absolute atomic E-state index is 12.4. The minimum atomic E-state index is -0.629. The van der Waals surface area contributed by atoms with Crippen molar-refractivity contribution in [2.75, 3.05) is 6.54 Å². The van der Waals surface area contributed by atoms with Gasteiger partial charge >= 0.3 is 6.09 Å². The lowest BCUT2D eigenvalue weighted by atomic mass is 10.1. The monoisotopic (exact) mass is 530 g/mol. The second kappa shape index (κ2) is 13.4. The molecular formula is C27H35ClN4O3S. The van der Waals surface area contributed by atoms with Crippen molar-refractivity contribution in [1.82, 2.24) is 20.2 Å². The van der Waals surface area contributed by atoms with Crippen LogP contribution < -0.4 is 10.6 Å². The van der Waals surface area contributed by atoms with Crippen LogP contribution in [0.2, 0.25) is 0 Å². The van der Waals surface area contributed by atoms with Crippen LogP contribution in [0.4, 0.5) is 4.79 Å². The molecule has 7 nitrogen and oxygen atoms in total. The van der Waals surface area contributed by atoms with E-state index in [0.717, 1.165) is 32.3 Å². The van der Waals surface area contributed by atoms with Crippen molar-refractivity contribution in [3.63, 3.8) is 0 Å². The first-order chi connectivity index (χ1) is 16.9. The standard InChI is InChI=1S/C27H35ClN4O3S/c1-8-9-22(28)14-18(2)36-25-19(3)23(20(4)32(25)17-21-10-12-29-13-11-21)15-30-24(33)16-31-26(34)35-27(5,6)7/h8-14H,2,15-17H2,1,3-7H3,(H,30,33)(H,31,34)/b9-8-,22-14+. The van der Waals surface area contributed by atoms with Crippen LogP contribution in [-0.2, 0) is 22.6 Å². The molecule has 0 atom stereocenters. The number of allylic oxidation sites excluding steroid dienone is 4. The molecule has 2 rings (SSSR count). The quantitative estimate of drug-likeness (QED) is 0.291. The van der Waals surface area contributed by atoms with Crippen molar-refractivity contribution >= 4 is 35.4 Å². The molecule has 2 N–H and O–H groups in total. The summed E-state index contributed by atoms with van der Waals surface area (Å²) in [6, 6.07) is 3.95. The molecule has 2 amide bonds. The summed E-state index contributed by atoms with van der Waals surface area (Å²) in [7, 11) is 0. The number of thioether (sulfide) groups is 1. The van der Waals surface area contributed by atoms with Crippen LogP contribution >= 0.6 is 23.4 Å². The fourth-order valence-corrected chi connectivity index (χ4v) is 4.75. The Morgan fingerprint density at radius 1 is 1.22 bits per heavy atom. The SMILES string of the molecule is C=C(/C=C(Cl)\C=C/C)Sc1c(C)c(CNC(=O)CNC(=O)OC(C)(C)C)c(C)n1Cc1ccncc1. The van der Waals surface area contributed by atoms with Gasteiger partial charge in [0.25, 0.3) is 0 Å². The Balaban J connectivity index is 2.22. The number of aromatic nitrogens is 2. The Kier molecular flexibility index (Phi) is 10.9. The molecule has 194 valence electrons. The molecule has 36 heavy (non-hydrogen) atoms. The van der Waals surface area contributed by atoms with Gasteiger partial charge in [-0.15, -0.1) is 0 Å². The van der Waals surface area contributed by atoms with E-state index in [1.807, 2.05) is 51.1 Å². The summed E-state index contributed by atoms with van der Waals surface area (Å²) in [5, 5.41) is 7.00. The third-order valence-electron chi connectivity index (χ3n) is 5.06. The largest absolute Gasteiger partial charge is 0.444 e. The number of nitrogens with zero attached hydrogens (tertiary/aromatic N) is 2. The molecule has 0 spiro atoms. The van der Waals surface area contributed by atoms with Crippen molar-refractivity contribution < 1.29 is 14.3 Å². The highest BCUT2D eigenvalue weighted by atomic mass is 35.5. The lowest BCUT2D eigenvalue weighted by Crippen LogP contribution is -2.39. The lowest BCUT2D eigenvalue weighted by Gasteiger charge is -2.19. The van der Waals surface area contributed by atoms with Crippen molar-refractivity contribution in [3.05, 3.63) is 81.7 Å². The van der Waals surface area contributed by atoms with Gasteiger partial charge in [-0.25, -0.2) is 4.79 Å². The van der Waals surface area contributed by atoms with Gasteiger partial charge < -0.3 is 19.9 Å². The van der Waals surface area contributed by atoms with E-state index in [1.165, 1.54) is 11.8 Å². The summed E-state index contributed by atoms with van der Waals surface area (Å²) in [6.07, 6.45) is 8.42. The molecule has 2 heterocycles. The van der Waals surface area contributed by atoms with E-state index in [2.05, 4.69) is 26.8 Å². The van der Waals surface area contributed by atoms with Crippen LogP contribution in [-0.4, -0.2) is 33.7 Å². The number of halogens is 1. The topological polar surface area (TPSA) is 85.3 Å². The number of hydrogen-bond acceptors (Lipinski definition) is 5. The summed E-state index contributed by atoms with van der Waals surface area (Å²) in [6.45, 7) is 16.2. The predicted molar refractivity (Wildman–Crippen MR) is 147 cm³/mol. The second-order valence-corrected chi connectivity index (χ2v) is 10.7. The normalized spacial score (nSPS) is 12.0. The first-order valence-corrected chi connectivity index (χ1v) is 12.8. The summed E-state index contributed by atoms with van der Waals surface area (Å²) < 4.78 is 7.38. The highest BCUT2D eigenvalue weighted by molar-refractivity contribution is 8.03. The van der Waals surface area contributed by atoms with E-state index < -0.39 is 11.7 Å². The van der Waals surface area contributed by atoms with E-state index in [1.54, 1.807) is 33.2 Å². The zero-order valence-corrected chi connectivity index (χ0v) is 23.3. The number of pyridine rings is 1. The summed E-state index contributed by atoms with van der Waals surface area (Å²) in [5.74, 6) is -0.304. The molecule has 0 unspecified atom stereocenters. The molecule has 0 bridgehead atoms. The van der Waals surface area contributed by atoms with E-state index >= 15 is 0 Å². The zero-order valence-electron chi connectivity index (χ0n) is 21.8. The molecule has 0 aliphatic heterocycles. The molecule has 0 radical (unpaired) electrons. The molecule has 9 heteroatoms. The van der Waals surface area contributed by atoms with Crippen molar-refractivity contribution in [1.29, 1.82) is 0 Å². The lowest BCUT2D eigenvalue weighted by molar-refractivity contribution is -0.120. The number of alkyl carbamates (subject to hydrolysis) is 1. The van der Waals surface area contributed by atoms with Crippen LogP contribution in [0.25, 0.3) is 0 Å². The first kappa shape index (κ1) is 29.3. The van der Waals surface area contributed by atoms with E-state index in [4.69, 9.17) is 16.3 Å². The smallest absolute Gasteiger partial charge is 0.408 e. The van der Waals surface area contributed by atoms with Crippen molar-refractivity contribution in [3.8, 4) is 0 Å². The molecular weight excluding hydrogens is 496 g/mol. The Morgan fingerprint density at radius 3 is 2.50 bits per heavy atom. The molecule has 2 aromatic heterocycles. The zero-order chi connectivity index (χ0) is 26.9. The van der Waals surface area contributed by atoms with Gasteiger partial charge in [0.15, 0.2) is 0 Å².